The Balaban J connectivity index is 0. The molecule has 0 amide bonds. The fourth-order valence-corrected chi connectivity index (χ4v) is 0.936. The van der Waals surface area contributed by atoms with Gasteiger partial charge in [0, 0.05) is 13.2 Å². The van der Waals surface area contributed by atoms with Gasteiger partial charge in [0.15, 0.2) is 0 Å². The molecule has 0 radical (unpaired) electrons. The van der Waals surface area contributed by atoms with Gasteiger partial charge in [0.1, 0.15) is 0 Å². The van der Waals surface area contributed by atoms with Crippen LogP contribution < -0.4 is 11.9 Å². The van der Waals surface area contributed by atoms with Crippen molar-refractivity contribution in [2.75, 3.05) is 13.2 Å². The molecule has 3 nitrogen and oxygen atoms in total. The van der Waals surface area contributed by atoms with Crippen molar-refractivity contribution in [1.82, 2.24) is 6.15 Å². The third-order valence-corrected chi connectivity index (χ3v) is 1.98. The predicted molar refractivity (Wildman–Crippen MR) is 58.2 cm³/mol. The van der Waals surface area contributed by atoms with Crippen molar-refractivity contribution in [3.63, 3.8) is 0 Å². The Bertz CT molecular complexity index is 105. The van der Waals surface area contributed by atoms with E-state index in [-0.39, 0.29) is 11.8 Å². The number of hydrogen-bond donors (Lipinski definition) is 2. The van der Waals surface area contributed by atoms with Gasteiger partial charge in [-0.3, -0.25) is 0 Å². The summed E-state index contributed by atoms with van der Waals surface area (Å²) < 4.78 is 5.60. The molecule has 0 aromatic carbocycles. The number of unbranched alkanes of at least 4 members (excludes halogenated alkanes) is 3. The minimum atomic E-state index is -0.133. The maximum atomic E-state index is 5.60. The molecule has 0 saturated heterocycles. The molecule has 82 valence electrons. The van der Waals surface area contributed by atoms with Crippen LogP contribution in [0, 0.1) is 0 Å². The van der Waals surface area contributed by atoms with E-state index in [1.807, 2.05) is 13.8 Å². The Morgan fingerprint density at radius 3 is 2.23 bits per heavy atom. The van der Waals surface area contributed by atoms with Crippen LogP contribution in [0.3, 0.4) is 0 Å². The third kappa shape index (κ3) is 9.80. The lowest BCUT2D eigenvalue weighted by atomic mass is 10.1. The summed E-state index contributed by atoms with van der Waals surface area (Å²) in [5.41, 5.74) is 5.39. The first kappa shape index (κ1) is 15.4. The van der Waals surface area contributed by atoms with Gasteiger partial charge in [0.2, 0.25) is 0 Å². The highest BCUT2D eigenvalue weighted by Crippen LogP contribution is 2.08. The lowest BCUT2D eigenvalue weighted by Gasteiger charge is -2.23. The molecule has 0 unspecified atom stereocenters. The van der Waals surface area contributed by atoms with E-state index in [1.54, 1.807) is 0 Å². The zero-order chi connectivity index (χ0) is 9.45. The second kappa shape index (κ2) is 8.48. The van der Waals surface area contributed by atoms with Crippen LogP contribution in [0.15, 0.2) is 0 Å². The molecule has 0 atom stereocenters. The van der Waals surface area contributed by atoms with Gasteiger partial charge in [-0.25, -0.2) is 0 Å². The fraction of sp³-hybridized carbons (Fsp3) is 1.00. The van der Waals surface area contributed by atoms with Gasteiger partial charge >= 0.3 is 0 Å². The number of rotatable bonds is 7. The van der Waals surface area contributed by atoms with E-state index in [4.69, 9.17) is 10.5 Å². The highest BCUT2D eigenvalue weighted by Gasteiger charge is 2.14. The summed E-state index contributed by atoms with van der Waals surface area (Å²) >= 11 is 0. The van der Waals surface area contributed by atoms with Crippen molar-refractivity contribution in [2.24, 2.45) is 5.73 Å². The standard InChI is InChI=1S/C10H23NO.H3N/c1-4-5-6-7-8-12-10(2,3)9-11;/h4-9,11H2,1-3H3;1H3. The van der Waals surface area contributed by atoms with Crippen LogP contribution in [-0.4, -0.2) is 18.8 Å². The molecule has 5 N–H and O–H groups in total. The smallest absolute Gasteiger partial charge is 0.0748 e. The highest BCUT2D eigenvalue weighted by molar-refractivity contribution is 4.68. The third-order valence-electron chi connectivity index (χ3n) is 1.98. The van der Waals surface area contributed by atoms with Crippen molar-refractivity contribution < 1.29 is 4.74 Å². The van der Waals surface area contributed by atoms with Crippen molar-refractivity contribution in [1.29, 1.82) is 0 Å². The minimum absolute atomic E-state index is 0. The molecular formula is C10H26N2O. The predicted octanol–water partition coefficient (Wildman–Crippen LogP) is 2.48. The molecule has 0 spiro atoms. The molecule has 0 aliphatic rings. The van der Waals surface area contributed by atoms with E-state index >= 15 is 0 Å². The van der Waals surface area contributed by atoms with Gasteiger partial charge in [-0.1, -0.05) is 26.2 Å². The van der Waals surface area contributed by atoms with E-state index in [0.29, 0.717) is 6.54 Å². The van der Waals surface area contributed by atoms with Crippen LogP contribution >= 0.6 is 0 Å². The van der Waals surface area contributed by atoms with Crippen molar-refractivity contribution >= 4 is 0 Å². The first-order valence-corrected chi connectivity index (χ1v) is 4.96. The SMILES string of the molecule is CCCCCCOC(C)(C)CN.N. The normalized spacial score (nSPS) is 11.1. The number of nitrogens with two attached hydrogens (primary N) is 1. The van der Waals surface area contributed by atoms with Gasteiger partial charge in [0.25, 0.3) is 0 Å². The summed E-state index contributed by atoms with van der Waals surface area (Å²) in [6.45, 7) is 7.73. The fourth-order valence-electron chi connectivity index (χ4n) is 0.936. The van der Waals surface area contributed by atoms with Crippen LogP contribution in [0.1, 0.15) is 46.5 Å². The molecule has 0 bridgehead atoms. The summed E-state index contributed by atoms with van der Waals surface area (Å²) in [7, 11) is 0. The summed E-state index contributed by atoms with van der Waals surface area (Å²) in [5.74, 6) is 0. The number of hydrogen-bond acceptors (Lipinski definition) is 3. The Morgan fingerprint density at radius 1 is 1.15 bits per heavy atom. The quantitative estimate of drug-likeness (QED) is 0.606. The maximum Gasteiger partial charge on any atom is 0.0748 e. The molecule has 0 rings (SSSR count). The average Bonchev–Trinajstić information content (AvgIpc) is 2.04. The molecule has 0 fully saturated rings. The zero-order valence-electron chi connectivity index (χ0n) is 9.44. The molecule has 0 aliphatic carbocycles. The Morgan fingerprint density at radius 2 is 1.77 bits per heavy atom. The van der Waals surface area contributed by atoms with Crippen molar-refractivity contribution in [2.45, 2.75) is 52.1 Å². The summed E-state index contributed by atoms with van der Waals surface area (Å²) in [5, 5.41) is 0. The van der Waals surface area contributed by atoms with E-state index in [1.165, 1.54) is 19.3 Å². The summed E-state index contributed by atoms with van der Waals surface area (Å²) in [6.07, 6.45) is 5.03. The van der Waals surface area contributed by atoms with E-state index in [2.05, 4.69) is 6.92 Å². The maximum absolute atomic E-state index is 5.60. The van der Waals surface area contributed by atoms with Crippen molar-refractivity contribution in [3.05, 3.63) is 0 Å². The van der Waals surface area contributed by atoms with E-state index < -0.39 is 0 Å². The molecule has 0 aliphatic heterocycles. The minimum Gasteiger partial charge on any atom is -0.374 e. The molecule has 0 heterocycles. The Kier molecular flexibility index (Phi) is 10.0. The topological polar surface area (TPSA) is 70.2 Å². The summed E-state index contributed by atoms with van der Waals surface area (Å²) in [6, 6.07) is 0. The van der Waals surface area contributed by atoms with E-state index in [0.717, 1.165) is 13.0 Å². The molecule has 0 saturated carbocycles. The molecule has 13 heavy (non-hydrogen) atoms. The first-order valence-electron chi connectivity index (χ1n) is 4.96. The lowest BCUT2D eigenvalue weighted by molar-refractivity contribution is -0.0121. The van der Waals surface area contributed by atoms with Crippen LogP contribution in [0.25, 0.3) is 0 Å². The van der Waals surface area contributed by atoms with Gasteiger partial charge < -0.3 is 16.6 Å². The van der Waals surface area contributed by atoms with Crippen molar-refractivity contribution in [3.8, 4) is 0 Å². The monoisotopic (exact) mass is 190 g/mol. The Labute approximate surface area is 82.6 Å². The average molecular weight is 190 g/mol. The highest BCUT2D eigenvalue weighted by atomic mass is 16.5. The van der Waals surface area contributed by atoms with Gasteiger partial charge in [0.05, 0.1) is 5.60 Å². The molecule has 0 aromatic rings. The van der Waals surface area contributed by atoms with Crippen LogP contribution in [-0.2, 0) is 4.74 Å². The van der Waals surface area contributed by atoms with Gasteiger partial charge in [-0.05, 0) is 20.3 Å². The Hall–Kier alpha value is -0.120. The van der Waals surface area contributed by atoms with Gasteiger partial charge in [-0.15, -0.1) is 0 Å². The van der Waals surface area contributed by atoms with Crippen LogP contribution in [0.5, 0.6) is 0 Å². The van der Waals surface area contributed by atoms with Crippen LogP contribution in [0.2, 0.25) is 0 Å². The second-order valence-electron chi connectivity index (χ2n) is 3.87. The largest absolute Gasteiger partial charge is 0.374 e. The second-order valence-corrected chi connectivity index (χ2v) is 3.87. The van der Waals surface area contributed by atoms with E-state index in [9.17, 15) is 0 Å². The van der Waals surface area contributed by atoms with Gasteiger partial charge in [-0.2, -0.15) is 0 Å². The lowest BCUT2D eigenvalue weighted by Crippen LogP contribution is -2.34. The molecule has 3 heteroatoms. The number of ether oxygens (including phenoxy) is 1. The zero-order valence-corrected chi connectivity index (χ0v) is 9.44. The molecular weight excluding hydrogens is 164 g/mol. The summed E-state index contributed by atoms with van der Waals surface area (Å²) in [4.78, 5) is 0. The molecule has 0 aromatic heterocycles. The first-order chi connectivity index (χ1) is 5.62. The van der Waals surface area contributed by atoms with Crippen LogP contribution in [0.4, 0.5) is 0 Å².